The van der Waals surface area contributed by atoms with Crippen molar-refractivity contribution in [1.82, 2.24) is 0 Å². The molecule has 0 aliphatic carbocycles. The Kier molecular flexibility index (Phi) is 4.87. The third-order valence-electron chi connectivity index (χ3n) is 2.10. The Morgan fingerprint density at radius 1 is 1.32 bits per heavy atom. The van der Waals surface area contributed by atoms with E-state index in [2.05, 4.69) is 6.58 Å². The van der Waals surface area contributed by atoms with Gasteiger partial charge in [0.25, 0.3) is 0 Å². The van der Waals surface area contributed by atoms with Crippen LogP contribution in [0.5, 0.6) is 0 Å². The minimum Gasteiger partial charge on any atom is -0.457 e. The van der Waals surface area contributed by atoms with Crippen molar-refractivity contribution < 1.29 is 19.1 Å². The summed E-state index contributed by atoms with van der Waals surface area (Å²) in [7, 11) is 0. The summed E-state index contributed by atoms with van der Waals surface area (Å²) in [5.74, 6) is -1.13. The van der Waals surface area contributed by atoms with Gasteiger partial charge in [-0.2, -0.15) is 0 Å². The highest BCUT2D eigenvalue weighted by Crippen LogP contribution is 2.09. The average Bonchev–Trinajstić information content (AvgIpc) is 2.34. The molecule has 1 aromatic rings. The monoisotopic (exact) mass is 262 g/mol. The molecule has 0 saturated heterocycles. The second kappa shape index (κ2) is 6.18. The predicted molar refractivity (Wildman–Crippen MR) is 72.7 cm³/mol. The number of carbonyl (C=O) groups excluding carboxylic acids is 2. The first-order chi connectivity index (χ1) is 8.81. The van der Waals surface area contributed by atoms with Gasteiger partial charge in [0.15, 0.2) is 6.61 Å². The molecule has 0 unspecified atom stereocenters. The quantitative estimate of drug-likeness (QED) is 0.783. The molecule has 0 aliphatic heterocycles. The van der Waals surface area contributed by atoms with Crippen molar-refractivity contribution in [3.63, 3.8) is 0 Å². The molecule has 1 rings (SSSR count). The molecule has 0 heterocycles. The highest BCUT2D eigenvalue weighted by molar-refractivity contribution is 5.91. The number of carbonyl (C=O) groups is 2. The van der Waals surface area contributed by atoms with Crippen molar-refractivity contribution in [2.75, 3.05) is 6.61 Å². The SMILES string of the molecule is C=Cc1cccc(C(=O)OCC(=O)OC(C)(C)C)c1. The van der Waals surface area contributed by atoms with Gasteiger partial charge in [0, 0.05) is 0 Å². The Labute approximate surface area is 113 Å². The lowest BCUT2D eigenvalue weighted by atomic mass is 10.1. The molecule has 0 radical (unpaired) electrons. The summed E-state index contributed by atoms with van der Waals surface area (Å²) in [4.78, 5) is 23.1. The zero-order chi connectivity index (χ0) is 14.5. The molecule has 0 amide bonds. The molecule has 19 heavy (non-hydrogen) atoms. The highest BCUT2D eigenvalue weighted by atomic mass is 16.6. The lowest BCUT2D eigenvalue weighted by Crippen LogP contribution is -2.27. The molecular formula is C15H18O4. The van der Waals surface area contributed by atoms with Gasteiger partial charge in [-0.05, 0) is 38.5 Å². The molecule has 0 spiro atoms. The fraction of sp³-hybridized carbons (Fsp3) is 0.333. The Hall–Kier alpha value is -2.10. The molecule has 4 nitrogen and oxygen atoms in total. The van der Waals surface area contributed by atoms with Crippen LogP contribution in [0.4, 0.5) is 0 Å². The van der Waals surface area contributed by atoms with E-state index in [0.717, 1.165) is 5.56 Å². The van der Waals surface area contributed by atoms with E-state index in [9.17, 15) is 9.59 Å². The number of ether oxygens (including phenoxy) is 2. The minimum atomic E-state index is -0.591. The van der Waals surface area contributed by atoms with Gasteiger partial charge in [0.05, 0.1) is 5.56 Å². The Balaban J connectivity index is 2.56. The summed E-state index contributed by atoms with van der Waals surface area (Å²) >= 11 is 0. The van der Waals surface area contributed by atoms with Crippen molar-refractivity contribution in [3.8, 4) is 0 Å². The molecule has 1 aromatic carbocycles. The zero-order valence-electron chi connectivity index (χ0n) is 11.4. The average molecular weight is 262 g/mol. The van der Waals surface area contributed by atoms with Gasteiger partial charge in [0.2, 0.25) is 0 Å². The van der Waals surface area contributed by atoms with Crippen LogP contribution in [0.2, 0.25) is 0 Å². The second-order valence-electron chi connectivity index (χ2n) is 4.99. The van der Waals surface area contributed by atoms with Gasteiger partial charge >= 0.3 is 11.9 Å². The van der Waals surface area contributed by atoms with E-state index in [-0.39, 0.29) is 0 Å². The molecule has 0 atom stereocenters. The predicted octanol–water partition coefficient (Wildman–Crippen LogP) is 2.83. The first-order valence-electron chi connectivity index (χ1n) is 5.93. The van der Waals surface area contributed by atoms with Gasteiger partial charge < -0.3 is 9.47 Å². The number of rotatable bonds is 4. The summed E-state index contributed by atoms with van der Waals surface area (Å²) < 4.78 is 9.92. The van der Waals surface area contributed by atoms with Crippen LogP contribution in [0, 0.1) is 0 Å². The Morgan fingerprint density at radius 3 is 2.58 bits per heavy atom. The van der Waals surface area contributed by atoms with E-state index in [4.69, 9.17) is 9.47 Å². The molecule has 4 heteroatoms. The van der Waals surface area contributed by atoms with Crippen molar-refractivity contribution in [3.05, 3.63) is 42.0 Å². The van der Waals surface area contributed by atoms with E-state index in [1.165, 1.54) is 0 Å². The van der Waals surface area contributed by atoms with E-state index in [0.29, 0.717) is 5.56 Å². The van der Waals surface area contributed by atoms with E-state index in [1.54, 1.807) is 45.0 Å². The summed E-state index contributed by atoms with van der Waals surface area (Å²) in [5.41, 5.74) is 0.597. The summed E-state index contributed by atoms with van der Waals surface area (Å²) in [6.07, 6.45) is 1.63. The molecule has 102 valence electrons. The fourth-order valence-corrected chi connectivity index (χ4v) is 1.37. The van der Waals surface area contributed by atoms with Crippen molar-refractivity contribution in [1.29, 1.82) is 0 Å². The zero-order valence-corrected chi connectivity index (χ0v) is 11.4. The molecule has 0 fully saturated rings. The van der Waals surface area contributed by atoms with Crippen LogP contribution >= 0.6 is 0 Å². The molecule has 0 saturated carbocycles. The van der Waals surface area contributed by atoms with Gasteiger partial charge in [-0.3, -0.25) is 0 Å². The number of esters is 2. The summed E-state index contributed by atoms with van der Waals surface area (Å²) in [6.45, 7) is 8.48. The van der Waals surface area contributed by atoms with Crippen molar-refractivity contribution >= 4 is 18.0 Å². The molecule has 0 aromatic heterocycles. The maximum atomic E-state index is 11.7. The smallest absolute Gasteiger partial charge is 0.344 e. The van der Waals surface area contributed by atoms with Crippen molar-refractivity contribution in [2.24, 2.45) is 0 Å². The van der Waals surface area contributed by atoms with Crippen molar-refractivity contribution in [2.45, 2.75) is 26.4 Å². The number of benzene rings is 1. The molecule has 0 bridgehead atoms. The van der Waals surface area contributed by atoms with Crippen LogP contribution < -0.4 is 0 Å². The van der Waals surface area contributed by atoms with E-state index >= 15 is 0 Å². The molecule has 0 N–H and O–H groups in total. The lowest BCUT2D eigenvalue weighted by Gasteiger charge is -2.19. The van der Waals surface area contributed by atoms with Crippen LogP contribution in [-0.2, 0) is 14.3 Å². The summed E-state index contributed by atoms with van der Waals surface area (Å²) in [6, 6.07) is 6.80. The van der Waals surface area contributed by atoms with Crippen LogP contribution in [0.25, 0.3) is 6.08 Å². The molecule has 0 aliphatic rings. The Morgan fingerprint density at radius 2 is 2.00 bits per heavy atom. The number of hydrogen-bond donors (Lipinski definition) is 0. The third-order valence-corrected chi connectivity index (χ3v) is 2.10. The first kappa shape index (κ1) is 15.0. The number of hydrogen-bond acceptors (Lipinski definition) is 4. The van der Waals surface area contributed by atoms with Gasteiger partial charge in [-0.1, -0.05) is 24.8 Å². The van der Waals surface area contributed by atoms with Crippen LogP contribution in [0.1, 0.15) is 36.7 Å². The van der Waals surface area contributed by atoms with E-state index < -0.39 is 24.1 Å². The van der Waals surface area contributed by atoms with Crippen LogP contribution in [-0.4, -0.2) is 24.1 Å². The van der Waals surface area contributed by atoms with Gasteiger partial charge in [-0.25, -0.2) is 9.59 Å². The van der Waals surface area contributed by atoms with Crippen LogP contribution in [0.15, 0.2) is 30.8 Å². The van der Waals surface area contributed by atoms with Gasteiger partial charge in [-0.15, -0.1) is 0 Å². The topological polar surface area (TPSA) is 52.6 Å². The maximum absolute atomic E-state index is 11.7. The lowest BCUT2D eigenvalue weighted by molar-refractivity contribution is -0.158. The fourth-order valence-electron chi connectivity index (χ4n) is 1.37. The normalized spacial score (nSPS) is 10.7. The van der Waals surface area contributed by atoms with Gasteiger partial charge in [0.1, 0.15) is 5.60 Å². The second-order valence-corrected chi connectivity index (χ2v) is 4.99. The molecular weight excluding hydrogens is 244 g/mol. The minimum absolute atomic E-state index is 0.376. The Bertz CT molecular complexity index is 483. The standard InChI is InChI=1S/C15H18O4/c1-5-11-7-6-8-12(9-11)14(17)18-10-13(16)19-15(2,3)4/h5-9H,1,10H2,2-4H3. The maximum Gasteiger partial charge on any atom is 0.344 e. The van der Waals surface area contributed by atoms with Crippen LogP contribution in [0.3, 0.4) is 0 Å². The van der Waals surface area contributed by atoms with E-state index in [1.807, 2.05) is 6.07 Å². The summed E-state index contributed by atoms with van der Waals surface area (Å²) in [5, 5.41) is 0. The first-order valence-corrected chi connectivity index (χ1v) is 5.93. The highest BCUT2D eigenvalue weighted by Gasteiger charge is 2.18. The third kappa shape index (κ3) is 5.38. The largest absolute Gasteiger partial charge is 0.457 e.